The molecule has 0 aromatic heterocycles. The predicted octanol–water partition coefficient (Wildman–Crippen LogP) is 5.24. The van der Waals surface area contributed by atoms with Gasteiger partial charge in [-0.2, -0.15) is 13.2 Å². The molecule has 4 rings (SSSR count). The Morgan fingerprint density at radius 3 is 2.44 bits per heavy atom. The Kier molecular flexibility index (Phi) is 6.49. The number of alkyl halides is 3. The average Bonchev–Trinajstić information content (AvgIpc) is 3.02. The molecule has 32 heavy (non-hydrogen) atoms. The second-order valence-electron chi connectivity index (χ2n) is 10.3. The Balaban J connectivity index is 1.55. The Labute approximate surface area is 189 Å². The number of rotatable bonds is 3. The molecule has 2 aliphatic heterocycles. The Morgan fingerprint density at radius 2 is 1.81 bits per heavy atom. The quantitative estimate of drug-likeness (QED) is 0.639. The van der Waals surface area contributed by atoms with Crippen molar-refractivity contribution in [2.24, 2.45) is 11.3 Å². The molecule has 1 saturated heterocycles. The zero-order chi connectivity index (χ0) is 23.1. The van der Waals surface area contributed by atoms with Crippen LogP contribution < -0.4 is 5.73 Å². The summed E-state index contributed by atoms with van der Waals surface area (Å²) in [5.74, 6) is 0.311. The van der Waals surface area contributed by atoms with Gasteiger partial charge in [-0.05, 0) is 80.8 Å². The second-order valence-corrected chi connectivity index (χ2v) is 10.3. The van der Waals surface area contributed by atoms with Crippen LogP contribution in [0.3, 0.4) is 0 Å². The van der Waals surface area contributed by atoms with E-state index in [0.717, 1.165) is 44.0 Å². The van der Waals surface area contributed by atoms with Gasteiger partial charge in [0.05, 0.1) is 11.0 Å². The van der Waals surface area contributed by atoms with Crippen molar-refractivity contribution in [2.45, 2.75) is 84.0 Å². The van der Waals surface area contributed by atoms with Gasteiger partial charge in [-0.25, -0.2) is 0 Å². The lowest BCUT2D eigenvalue weighted by molar-refractivity contribution is -0.146. The number of halogens is 3. The van der Waals surface area contributed by atoms with Gasteiger partial charge in [0.1, 0.15) is 0 Å². The van der Waals surface area contributed by atoms with Crippen LogP contribution >= 0.6 is 0 Å². The van der Waals surface area contributed by atoms with Crippen molar-refractivity contribution < 1.29 is 18.0 Å². The summed E-state index contributed by atoms with van der Waals surface area (Å²) in [4.78, 5) is 18.3. The second kappa shape index (κ2) is 8.88. The third-order valence-corrected chi connectivity index (χ3v) is 8.20. The van der Waals surface area contributed by atoms with Crippen LogP contribution in [0.2, 0.25) is 0 Å². The fraction of sp³-hybridized carbons (Fsp3) is 0.720. The maximum absolute atomic E-state index is 13.9. The minimum Gasteiger partial charge on any atom is -0.398 e. The van der Waals surface area contributed by atoms with Crippen LogP contribution in [-0.4, -0.2) is 41.4 Å². The Bertz CT molecular complexity index is 846. The van der Waals surface area contributed by atoms with Crippen molar-refractivity contribution in [2.75, 3.05) is 25.4 Å². The number of nitrogen functional groups attached to an aromatic ring is 1. The highest BCUT2D eigenvalue weighted by atomic mass is 19.4. The van der Waals surface area contributed by atoms with E-state index >= 15 is 0 Å². The molecule has 3 aliphatic rings. The average molecular weight is 452 g/mol. The first-order chi connectivity index (χ1) is 15.1. The predicted molar refractivity (Wildman–Crippen MR) is 120 cm³/mol. The smallest absolute Gasteiger partial charge is 0.398 e. The molecule has 2 N–H and O–H groups in total. The number of carbonyl (C=O) groups is 1. The first kappa shape index (κ1) is 23.4. The van der Waals surface area contributed by atoms with Gasteiger partial charge in [-0.3, -0.25) is 4.79 Å². The van der Waals surface area contributed by atoms with Crippen LogP contribution in [0, 0.1) is 11.3 Å². The molecule has 2 atom stereocenters. The molecule has 4 nitrogen and oxygen atoms in total. The number of amides is 1. The van der Waals surface area contributed by atoms with Crippen LogP contribution in [0.4, 0.5) is 18.9 Å². The molecule has 1 amide bonds. The number of nitrogens with zero attached hydrogens (tertiary/aromatic N) is 2. The Hall–Kier alpha value is -1.76. The SMILES string of the molecule is CC(C)[C@]1(C(=O)N2CCc3c(N)cc(C(F)(F)F)cc3C2)CC[C@@H](N2CCCCCC2)C1. The number of nitrogens with two attached hydrogens (primary N) is 1. The number of anilines is 1. The molecule has 178 valence electrons. The highest BCUT2D eigenvalue weighted by Gasteiger charge is 2.50. The van der Waals surface area contributed by atoms with Gasteiger partial charge in [0.2, 0.25) is 5.91 Å². The Morgan fingerprint density at radius 1 is 1.12 bits per heavy atom. The standard InChI is InChI=1S/C25H36F3N3O/c1-17(2)24(9-7-20(15-24)30-10-5-3-4-6-11-30)23(32)31-12-8-21-18(16-31)13-19(14-22(21)29)25(26,27)28/h13-14,17,20H,3-12,15-16,29H2,1-2H3/t20-,24+/m1/s1. The number of hydrogen-bond acceptors (Lipinski definition) is 3. The van der Waals surface area contributed by atoms with Gasteiger partial charge in [0.25, 0.3) is 0 Å². The number of hydrogen-bond donors (Lipinski definition) is 1. The highest BCUT2D eigenvalue weighted by molar-refractivity contribution is 5.84. The van der Waals surface area contributed by atoms with Crippen LogP contribution in [0.5, 0.6) is 0 Å². The third kappa shape index (κ3) is 4.37. The van der Waals surface area contributed by atoms with Crippen molar-refractivity contribution in [3.05, 3.63) is 28.8 Å². The fourth-order valence-electron chi connectivity index (χ4n) is 6.17. The molecule has 1 aliphatic carbocycles. The minimum absolute atomic E-state index is 0.117. The first-order valence-electron chi connectivity index (χ1n) is 12.1. The molecular weight excluding hydrogens is 415 g/mol. The molecule has 1 saturated carbocycles. The summed E-state index contributed by atoms with van der Waals surface area (Å²) in [5, 5.41) is 0. The van der Waals surface area contributed by atoms with Gasteiger partial charge in [-0.1, -0.05) is 26.7 Å². The summed E-state index contributed by atoms with van der Waals surface area (Å²) < 4.78 is 39.9. The zero-order valence-corrected chi connectivity index (χ0v) is 19.3. The zero-order valence-electron chi connectivity index (χ0n) is 19.3. The van der Waals surface area contributed by atoms with E-state index in [1.807, 2.05) is 0 Å². The number of carbonyl (C=O) groups excluding carboxylic acids is 1. The van der Waals surface area contributed by atoms with E-state index in [1.165, 1.54) is 31.7 Å². The molecule has 1 aromatic rings. The summed E-state index contributed by atoms with van der Waals surface area (Å²) in [6, 6.07) is 2.64. The van der Waals surface area contributed by atoms with Crippen LogP contribution in [0.1, 0.15) is 75.5 Å². The fourth-order valence-corrected chi connectivity index (χ4v) is 6.17. The molecule has 2 heterocycles. The molecule has 2 fully saturated rings. The summed E-state index contributed by atoms with van der Waals surface area (Å²) in [7, 11) is 0. The monoisotopic (exact) mass is 451 g/mol. The summed E-state index contributed by atoms with van der Waals surface area (Å²) in [6.07, 6.45) is 3.84. The van der Waals surface area contributed by atoms with Crippen molar-refractivity contribution in [1.29, 1.82) is 0 Å². The third-order valence-electron chi connectivity index (χ3n) is 8.20. The van der Waals surface area contributed by atoms with Crippen LogP contribution in [-0.2, 0) is 23.9 Å². The van der Waals surface area contributed by atoms with Crippen molar-refractivity contribution in [3.63, 3.8) is 0 Å². The normalized spacial score (nSPS) is 27.4. The van der Waals surface area contributed by atoms with Gasteiger partial charge in [0.15, 0.2) is 0 Å². The van der Waals surface area contributed by atoms with E-state index < -0.39 is 17.2 Å². The van der Waals surface area contributed by atoms with E-state index in [9.17, 15) is 18.0 Å². The van der Waals surface area contributed by atoms with E-state index in [0.29, 0.717) is 24.6 Å². The maximum Gasteiger partial charge on any atom is 0.416 e. The van der Waals surface area contributed by atoms with Crippen LogP contribution in [0.15, 0.2) is 12.1 Å². The van der Waals surface area contributed by atoms with E-state index in [1.54, 1.807) is 4.90 Å². The lowest BCUT2D eigenvalue weighted by atomic mass is 9.73. The molecule has 0 radical (unpaired) electrons. The van der Waals surface area contributed by atoms with E-state index in [2.05, 4.69) is 18.7 Å². The molecule has 7 heteroatoms. The minimum atomic E-state index is -4.44. The summed E-state index contributed by atoms with van der Waals surface area (Å²) in [5.41, 5.74) is 6.28. The summed E-state index contributed by atoms with van der Waals surface area (Å²) >= 11 is 0. The lowest BCUT2D eigenvalue weighted by Gasteiger charge is -2.40. The van der Waals surface area contributed by atoms with Crippen molar-refractivity contribution in [1.82, 2.24) is 9.80 Å². The topological polar surface area (TPSA) is 49.6 Å². The lowest BCUT2D eigenvalue weighted by Crippen LogP contribution is -2.48. The molecule has 0 bridgehead atoms. The van der Waals surface area contributed by atoms with E-state index in [4.69, 9.17) is 5.73 Å². The first-order valence-corrected chi connectivity index (χ1v) is 12.1. The van der Waals surface area contributed by atoms with Gasteiger partial charge >= 0.3 is 6.18 Å². The largest absolute Gasteiger partial charge is 0.416 e. The van der Waals surface area contributed by atoms with Crippen molar-refractivity contribution >= 4 is 11.6 Å². The van der Waals surface area contributed by atoms with Crippen LogP contribution in [0.25, 0.3) is 0 Å². The summed E-state index contributed by atoms with van der Waals surface area (Å²) in [6.45, 7) is 7.21. The highest BCUT2D eigenvalue weighted by Crippen LogP contribution is 2.48. The maximum atomic E-state index is 13.9. The van der Waals surface area contributed by atoms with Gasteiger partial charge in [0, 0.05) is 24.8 Å². The van der Waals surface area contributed by atoms with Crippen molar-refractivity contribution in [3.8, 4) is 0 Å². The number of fused-ring (bicyclic) bond motifs is 1. The molecule has 0 spiro atoms. The number of likely N-dealkylation sites (tertiary alicyclic amines) is 1. The molecular formula is C25H36F3N3O. The van der Waals surface area contributed by atoms with Gasteiger partial charge < -0.3 is 15.5 Å². The molecule has 0 unspecified atom stereocenters. The number of benzene rings is 1. The molecule has 1 aromatic carbocycles. The van der Waals surface area contributed by atoms with Gasteiger partial charge in [-0.15, -0.1) is 0 Å². The van der Waals surface area contributed by atoms with E-state index in [-0.39, 0.29) is 24.1 Å².